The van der Waals surface area contributed by atoms with Crippen molar-refractivity contribution in [3.05, 3.63) is 30.0 Å². The van der Waals surface area contributed by atoms with E-state index in [1.54, 1.807) is 33.3 Å². The fourth-order valence-corrected chi connectivity index (χ4v) is 1.89. The summed E-state index contributed by atoms with van der Waals surface area (Å²) < 4.78 is 15.3. The summed E-state index contributed by atoms with van der Waals surface area (Å²) in [5.74, 6) is 2.29. The van der Waals surface area contributed by atoms with Gasteiger partial charge in [0.2, 0.25) is 5.91 Å². The molecule has 0 unspecified atom stereocenters. The van der Waals surface area contributed by atoms with Crippen LogP contribution in [0.25, 0.3) is 0 Å². The van der Waals surface area contributed by atoms with Crippen molar-refractivity contribution in [2.24, 2.45) is 0 Å². The summed E-state index contributed by atoms with van der Waals surface area (Å²) in [6.45, 7) is 2.23. The van der Waals surface area contributed by atoms with Gasteiger partial charge in [-0.05, 0) is 19.1 Å². The predicted octanol–water partition coefficient (Wildman–Crippen LogP) is 2.44. The number of hydrogen-bond donors (Lipinski definition) is 2. The van der Waals surface area contributed by atoms with Gasteiger partial charge in [-0.1, -0.05) is 5.16 Å². The number of nitrogens with one attached hydrogen (secondary N) is 2. The molecule has 2 N–H and O–H groups in total. The van der Waals surface area contributed by atoms with E-state index in [1.165, 1.54) is 0 Å². The molecule has 1 amide bonds. The Hall–Kier alpha value is -2.70. The molecular formula is C15H19N3O4. The summed E-state index contributed by atoms with van der Waals surface area (Å²) in [7, 11) is 3.18. The van der Waals surface area contributed by atoms with Gasteiger partial charge < -0.3 is 24.6 Å². The van der Waals surface area contributed by atoms with E-state index in [1.807, 2.05) is 12.1 Å². The molecule has 0 aliphatic rings. The van der Waals surface area contributed by atoms with Crippen molar-refractivity contribution in [1.82, 2.24) is 5.16 Å². The van der Waals surface area contributed by atoms with Crippen LogP contribution in [0.5, 0.6) is 11.5 Å². The van der Waals surface area contributed by atoms with Crippen molar-refractivity contribution in [3.8, 4) is 11.5 Å². The Morgan fingerprint density at radius 3 is 2.73 bits per heavy atom. The lowest BCUT2D eigenvalue weighted by atomic mass is 10.2. The fraction of sp³-hybridized carbons (Fsp3) is 0.333. The lowest BCUT2D eigenvalue weighted by molar-refractivity contribution is -0.116. The molecule has 2 aromatic rings. The number of methoxy groups -OCH3 is 2. The Balaban J connectivity index is 1.84. The average molecular weight is 305 g/mol. The Morgan fingerprint density at radius 2 is 2.09 bits per heavy atom. The van der Waals surface area contributed by atoms with Crippen LogP contribution < -0.4 is 20.1 Å². The van der Waals surface area contributed by atoms with Gasteiger partial charge in [0.05, 0.1) is 19.9 Å². The maximum Gasteiger partial charge on any atom is 0.227 e. The number of rotatable bonds is 7. The van der Waals surface area contributed by atoms with Crippen LogP contribution in [0.3, 0.4) is 0 Å². The number of aromatic nitrogens is 1. The standard InChI is InChI=1S/C15H19N3O4/c1-10-8-14(18-22-10)17-15(19)6-7-16-12-5-4-11(20-2)9-13(12)21-3/h4-5,8-9,16H,6-7H2,1-3H3,(H,17,18,19). The van der Waals surface area contributed by atoms with Crippen molar-refractivity contribution in [1.29, 1.82) is 0 Å². The van der Waals surface area contributed by atoms with Crippen LogP contribution in [0.4, 0.5) is 11.5 Å². The van der Waals surface area contributed by atoms with Gasteiger partial charge in [-0.3, -0.25) is 4.79 Å². The molecule has 7 nitrogen and oxygen atoms in total. The van der Waals surface area contributed by atoms with Gasteiger partial charge in [0.15, 0.2) is 5.82 Å². The van der Waals surface area contributed by atoms with E-state index >= 15 is 0 Å². The SMILES string of the molecule is COc1ccc(NCCC(=O)Nc2cc(C)on2)c(OC)c1. The minimum atomic E-state index is -0.145. The molecule has 118 valence electrons. The van der Waals surface area contributed by atoms with Crippen molar-refractivity contribution >= 4 is 17.4 Å². The van der Waals surface area contributed by atoms with Gasteiger partial charge >= 0.3 is 0 Å². The molecule has 0 aliphatic heterocycles. The van der Waals surface area contributed by atoms with Crippen molar-refractivity contribution in [2.75, 3.05) is 31.4 Å². The Labute approximate surface area is 128 Å². The molecular weight excluding hydrogens is 286 g/mol. The number of amides is 1. The highest BCUT2D eigenvalue weighted by atomic mass is 16.5. The molecule has 0 bridgehead atoms. The van der Waals surface area contributed by atoms with Crippen molar-refractivity contribution in [2.45, 2.75) is 13.3 Å². The van der Waals surface area contributed by atoms with E-state index in [-0.39, 0.29) is 5.91 Å². The van der Waals surface area contributed by atoms with E-state index in [4.69, 9.17) is 14.0 Å². The summed E-state index contributed by atoms with van der Waals surface area (Å²) in [4.78, 5) is 11.8. The summed E-state index contributed by atoms with van der Waals surface area (Å²) in [6, 6.07) is 7.11. The number of benzene rings is 1. The summed E-state index contributed by atoms with van der Waals surface area (Å²) in [6.07, 6.45) is 0.293. The average Bonchev–Trinajstić information content (AvgIpc) is 2.92. The maximum atomic E-state index is 11.8. The summed E-state index contributed by atoms with van der Waals surface area (Å²) >= 11 is 0. The Morgan fingerprint density at radius 1 is 1.27 bits per heavy atom. The van der Waals surface area contributed by atoms with E-state index in [0.29, 0.717) is 36.0 Å². The number of hydrogen-bond acceptors (Lipinski definition) is 6. The molecule has 0 spiro atoms. The molecule has 0 aliphatic carbocycles. The van der Waals surface area contributed by atoms with Crippen LogP contribution in [-0.2, 0) is 4.79 Å². The molecule has 2 rings (SSSR count). The summed E-state index contributed by atoms with van der Waals surface area (Å²) in [5.41, 5.74) is 0.799. The number of ether oxygens (including phenoxy) is 2. The largest absolute Gasteiger partial charge is 0.497 e. The van der Waals surface area contributed by atoms with Crippen LogP contribution in [0, 0.1) is 6.92 Å². The third kappa shape index (κ3) is 4.15. The minimum Gasteiger partial charge on any atom is -0.497 e. The van der Waals surface area contributed by atoms with Gasteiger partial charge in [0.1, 0.15) is 17.3 Å². The maximum absolute atomic E-state index is 11.8. The van der Waals surface area contributed by atoms with Crippen molar-refractivity contribution in [3.63, 3.8) is 0 Å². The highest BCUT2D eigenvalue weighted by molar-refractivity contribution is 5.90. The summed E-state index contributed by atoms with van der Waals surface area (Å²) in [5, 5.41) is 9.52. The van der Waals surface area contributed by atoms with Gasteiger partial charge in [0.25, 0.3) is 0 Å². The number of anilines is 2. The number of aryl methyl sites for hydroxylation is 1. The first-order valence-electron chi connectivity index (χ1n) is 6.81. The molecule has 7 heteroatoms. The first-order valence-corrected chi connectivity index (χ1v) is 6.81. The predicted molar refractivity (Wildman–Crippen MR) is 82.5 cm³/mol. The number of nitrogens with zero attached hydrogens (tertiary/aromatic N) is 1. The number of carbonyl (C=O) groups is 1. The van der Waals surface area contributed by atoms with E-state index in [9.17, 15) is 4.79 Å². The normalized spacial score (nSPS) is 10.1. The highest BCUT2D eigenvalue weighted by Crippen LogP contribution is 2.28. The molecule has 0 fully saturated rings. The van der Waals surface area contributed by atoms with E-state index < -0.39 is 0 Å². The smallest absolute Gasteiger partial charge is 0.227 e. The Kier molecular flexibility index (Phi) is 5.24. The first kappa shape index (κ1) is 15.7. The van der Waals surface area contributed by atoms with Gasteiger partial charge in [-0.15, -0.1) is 0 Å². The van der Waals surface area contributed by atoms with Crippen LogP contribution >= 0.6 is 0 Å². The zero-order valence-electron chi connectivity index (χ0n) is 12.8. The van der Waals surface area contributed by atoms with E-state index in [0.717, 1.165) is 5.69 Å². The fourth-order valence-electron chi connectivity index (χ4n) is 1.89. The molecule has 1 aromatic carbocycles. The lowest BCUT2D eigenvalue weighted by Gasteiger charge is -2.12. The van der Waals surface area contributed by atoms with Crippen LogP contribution in [-0.4, -0.2) is 31.8 Å². The van der Waals surface area contributed by atoms with Gasteiger partial charge in [-0.2, -0.15) is 0 Å². The molecule has 0 atom stereocenters. The number of carbonyl (C=O) groups excluding carboxylic acids is 1. The monoisotopic (exact) mass is 305 g/mol. The highest BCUT2D eigenvalue weighted by Gasteiger charge is 2.08. The second-order valence-electron chi connectivity index (χ2n) is 4.61. The minimum absolute atomic E-state index is 0.145. The van der Waals surface area contributed by atoms with Crippen molar-refractivity contribution < 1.29 is 18.8 Å². The molecule has 0 radical (unpaired) electrons. The van der Waals surface area contributed by atoms with Crippen LogP contribution in [0.15, 0.2) is 28.8 Å². The third-order valence-corrected chi connectivity index (χ3v) is 2.97. The topological polar surface area (TPSA) is 85.6 Å². The van der Waals surface area contributed by atoms with Gasteiger partial charge in [0, 0.05) is 25.1 Å². The molecule has 1 heterocycles. The Bertz CT molecular complexity index is 639. The van der Waals surface area contributed by atoms with Crippen LogP contribution in [0.2, 0.25) is 0 Å². The quantitative estimate of drug-likeness (QED) is 0.817. The second-order valence-corrected chi connectivity index (χ2v) is 4.61. The second kappa shape index (κ2) is 7.35. The molecule has 0 saturated heterocycles. The molecule has 22 heavy (non-hydrogen) atoms. The molecule has 1 aromatic heterocycles. The zero-order chi connectivity index (χ0) is 15.9. The lowest BCUT2D eigenvalue weighted by Crippen LogP contribution is -2.16. The van der Waals surface area contributed by atoms with Crippen LogP contribution in [0.1, 0.15) is 12.2 Å². The third-order valence-electron chi connectivity index (χ3n) is 2.97. The molecule has 0 saturated carbocycles. The zero-order valence-corrected chi connectivity index (χ0v) is 12.8. The van der Waals surface area contributed by atoms with E-state index in [2.05, 4.69) is 15.8 Å². The van der Waals surface area contributed by atoms with Gasteiger partial charge in [-0.25, -0.2) is 0 Å². The first-order chi connectivity index (χ1) is 10.6.